The molecular weight excluding hydrogens is 406 g/mol. The Kier molecular flexibility index (Phi) is 5.55. The number of piperidine rings is 1. The Labute approximate surface area is 188 Å². The average Bonchev–Trinajstić information content (AvgIpc) is 3.29. The van der Waals surface area contributed by atoms with Gasteiger partial charge in [0.25, 0.3) is 0 Å². The molecule has 2 aromatic rings. The minimum atomic E-state index is -0.708. The van der Waals surface area contributed by atoms with Gasteiger partial charge in [0.05, 0.1) is 18.8 Å². The van der Waals surface area contributed by atoms with E-state index in [1.165, 1.54) is 0 Å². The highest BCUT2D eigenvalue weighted by Crippen LogP contribution is 2.49. The Bertz CT molecular complexity index is 1020. The molecule has 0 unspecified atom stereocenters. The second-order valence-corrected chi connectivity index (χ2v) is 8.90. The highest BCUT2D eigenvalue weighted by atomic mass is 16.7. The van der Waals surface area contributed by atoms with E-state index in [0.29, 0.717) is 18.7 Å². The SMILES string of the molecule is COc1ccc([C@H]2[C@@H]3CCCC[C@@]3(O)CCN2C(=O)/C=C/c2ccc3c(c2)OCO3)cc1. The molecule has 2 aromatic carbocycles. The number of benzene rings is 2. The lowest BCUT2D eigenvalue weighted by atomic mass is 9.66. The monoisotopic (exact) mass is 435 g/mol. The van der Waals surface area contributed by atoms with Crippen LogP contribution < -0.4 is 14.2 Å². The van der Waals surface area contributed by atoms with Crippen LogP contribution in [0.4, 0.5) is 0 Å². The number of amides is 1. The molecule has 3 aliphatic rings. The zero-order valence-corrected chi connectivity index (χ0v) is 18.3. The number of aliphatic hydroxyl groups is 1. The maximum Gasteiger partial charge on any atom is 0.247 e. The van der Waals surface area contributed by atoms with Crippen LogP contribution >= 0.6 is 0 Å². The third-order valence-electron chi connectivity index (χ3n) is 7.12. The number of hydrogen-bond acceptors (Lipinski definition) is 5. The fourth-order valence-corrected chi connectivity index (χ4v) is 5.42. The van der Waals surface area contributed by atoms with Crippen LogP contribution in [-0.2, 0) is 4.79 Å². The number of fused-ring (bicyclic) bond motifs is 2. The Balaban J connectivity index is 1.43. The smallest absolute Gasteiger partial charge is 0.247 e. The number of hydrogen-bond donors (Lipinski definition) is 1. The second kappa shape index (κ2) is 8.51. The van der Waals surface area contributed by atoms with Crippen molar-refractivity contribution < 1.29 is 24.1 Å². The highest BCUT2D eigenvalue weighted by molar-refractivity contribution is 5.92. The predicted molar refractivity (Wildman–Crippen MR) is 121 cm³/mol. The molecule has 0 aromatic heterocycles. The van der Waals surface area contributed by atoms with Gasteiger partial charge in [0, 0.05) is 18.5 Å². The van der Waals surface area contributed by atoms with E-state index in [2.05, 4.69) is 0 Å². The van der Waals surface area contributed by atoms with Crippen molar-refractivity contribution in [2.45, 2.75) is 43.7 Å². The molecule has 6 heteroatoms. The summed E-state index contributed by atoms with van der Waals surface area (Å²) < 4.78 is 16.1. The molecule has 5 rings (SSSR count). The molecule has 1 aliphatic carbocycles. The Morgan fingerprint density at radius 2 is 1.94 bits per heavy atom. The summed E-state index contributed by atoms with van der Waals surface area (Å²) in [6, 6.07) is 13.4. The van der Waals surface area contributed by atoms with Crippen LogP contribution in [0.3, 0.4) is 0 Å². The van der Waals surface area contributed by atoms with Crippen molar-refractivity contribution in [3.05, 3.63) is 59.7 Å². The zero-order valence-electron chi connectivity index (χ0n) is 18.3. The minimum Gasteiger partial charge on any atom is -0.497 e. The number of nitrogens with zero attached hydrogens (tertiary/aromatic N) is 1. The minimum absolute atomic E-state index is 0.0290. The van der Waals surface area contributed by atoms with Crippen molar-refractivity contribution in [2.24, 2.45) is 5.92 Å². The van der Waals surface area contributed by atoms with E-state index in [1.807, 2.05) is 53.4 Å². The lowest BCUT2D eigenvalue weighted by Gasteiger charge is -2.52. The fraction of sp³-hybridized carbons (Fsp3) is 0.423. The van der Waals surface area contributed by atoms with Gasteiger partial charge in [0.1, 0.15) is 5.75 Å². The molecule has 168 valence electrons. The summed E-state index contributed by atoms with van der Waals surface area (Å²) in [4.78, 5) is 15.3. The third kappa shape index (κ3) is 3.84. The second-order valence-electron chi connectivity index (χ2n) is 8.90. The zero-order chi connectivity index (χ0) is 22.1. The molecule has 1 saturated carbocycles. The van der Waals surface area contributed by atoms with Crippen LogP contribution in [0.2, 0.25) is 0 Å². The van der Waals surface area contributed by atoms with Crippen molar-refractivity contribution in [1.29, 1.82) is 0 Å². The van der Waals surface area contributed by atoms with Crippen LogP contribution in [0.5, 0.6) is 17.2 Å². The van der Waals surface area contributed by atoms with E-state index in [4.69, 9.17) is 14.2 Å². The number of rotatable bonds is 4. The Hall–Kier alpha value is -2.99. The van der Waals surface area contributed by atoms with E-state index in [0.717, 1.165) is 48.3 Å². The number of carbonyl (C=O) groups excluding carboxylic acids is 1. The van der Waals surface area contributed by atoms with Gasteiger partial charge >= 0.3 is 0 Å². The van der Waals surface area contributed by atoms with Gasteiger partial charge in [-0.05, 0) is 60.7 Å². The molecule has 32 heavy (non-hydrogen) atoms. The number of carbonyl (C=O) groups is 1. The van der Waals surface area contributed by atoms with Gasteiger partial charge < -0.3 is 24.2 Å². The van der Waals surface area contributed by atoms with Gasteiger partial charge in [-0.25, -0.2) is 0 Å². The standard InChI is InChI=1S/C26H29NO5/c1-30-20-9-7-19(8-10-20)25-21-4-2-3-13-26(21,29)14-15-27(25)24(28)12-6-18-5-11-22-23(16-18)32-17-31-22/h5-12,16,21,25,29H,2-4,13-15,17H2,1H3/b12-6+/t21-,25-,26+/m0/s1. The molecular formula is C26H29NO5. The van der Waals surface area contributed by atoms with E-state index >= 15 is 0 Å². The van der Waals surface area contributed by atoms with Gasteiger partial charge in [-0.2, -0.15) is 0 Å². The van der Waals surface area contributed by atoms with Crippen LogP contribution in [0.15, 0.2) is 48.5 Å². The summed E-state index contributed by atoms with van der Waals surface area (Å²) in [6.45, 7) is 0.761. The maximum atomic E-state index is 13.4. The normalized spacial score (nSPS) is 26.8. The van der Waals surface area contributed by atoms with Gasteiger partial charge in [0.2, 0.25) is 12.7 Å². The lowest BCUT2D eigenvalue weighted by Crippen LogP contribution is -2.56. The van der Waals surface area contributed by atoms with E-state index in [9.17, 15) is 9.90 Å². The topological polar surface area (TPSA) is 68.2 Å². The summed E-state index contributed by atoms with van der Waals surface area (Å²) in [6.07, 6.45) is 7.91. The van der Waals surface area contributed by atoms with Gasteiger partial charge in [-0.3, -0.25) is 4.79 Å². The summed E-state index contributed by atoms with van der Waals surface area (Å²) in [7, 11) is 1.65. The molecule has 0 bridgehead atoms. The molecule has 6 nitrogen and oxygen atoms in total. The maximum absolute atomic E-state index is 13.4. The number of likely N-dealkylation sites (tertiary alicyclic amines) is 1. The fourth-order valence-electron chi connectivity index (χ4n) is 5.42. The van der Waals surface area contributed by atoms with Gasteiger partial charge in [-0.15, -0.1) is 0 Å². The van der Waals surface area contributed by atoms with E-state index in [-0.39, 0.29) is 24.7 Å². The molecule has 0 spiro atoms. The van der Waals surface area contributed by atoms with Crippen molar-refractivity contribution in [1.82, 2.24) is 4.90 Å². The Morgan fingerprint density at radius 3 is 2.75 bits per heavy atom. The molecule has 1 amide bonds. The van der Waals surface area contributed by atoms with Crippen LogP contribution in [0, 0.1) is 5.92 Å². The van der Waals surface area contributed by atoms with Gasteiger partial charge in [-0.1, -0.05) is 31.0 Å². The number of ether oxygens (including phenoxy) is 3. The van der Waals surface area contributed by atoms with Gasteiger partial charge in [0.15, 0.2) is 11.5 Å². The first kappa shape index (κ1) is 20.9. The molecule has 2 heterocycles. The molecule has 2 aliphatic heterocycles. The van der Waals surface area contributed by atoms with E-state index in [1.54, 1.807) is 13.2 Å². The first-order chi connectivity index (χ1) is 15.6. The first-order valence-corrected chi connectivity index (χ1v) is 11.3. The average molecular weight is 436 g/mol. The highest BCUT2D eigenvalue weighted by Gasteiger charge is 2.49. The summed E-state index contributed by atoms with van der Waals surface area (Å²) in [5.74, 6) is 2.18. The van der Waals surface area contributed by atoms with Crippen LogP contribution in [-0.4, -0.2) is 42.0 Å². The molecule has 0 radical (unpaired) electrons. The molecule has 1 saturated heterocycles. The summed E-state index contributed by atoms with van der Waals surface area (Å²) in [5.41, 5.74) is 1.22. The Morgan fingerprint density at radius 1 is 1.12 bits per heavy atom. The quantitative estimate of drug-likeness (QED) is 0.724. The molecule has 1 N–H and O–H groups in total. The first-order valence-electron chi connectivity index (χ1n) is 11.3. The van der Waals surface area contributed by atoms with Crippen molar-refractivity contribution in [3.8, 4) is 17.2 Å². The van der Waals surface area contributed by atoms with E-state index < -0.39 is 5.60 Å². The largest absolute Gasteiger partial charge is 0.497 e. The predicted octanol–water partition coefficient (Wildman–Crippen LogP) is 4.33. The lowest BCUT2D eigenvalue weighted by molar-refractivity contribution is -0.150. The van der Waals surface area contributed by atoms with Crippen LogP contribution in [0.1, 0.15) is 49.3 Å². The molecule has 2 fully saturated rings. The van der Waals surface area contributed by atoms with Crippen molar-refractivity contribution in [3.63, 3.8) is 0 Å². The third-order valence-corrected chi connectivity index (χ3v) is 7.12. The van der Waals surface area contributed by atoms with Crippen molar-refractivity contribution >= 4 is 12.0 Å². The van der Waals surface area contributed by atoms with Crippen molar-refractivity contribution in [2.75, 3.05) is 20.4 Å². The summed E-state index contributed by atoms with van der Waals surface area (Å²) in [5, 5.41) is 11.4. The van der Waals surface area contributed by atoms with Crippen LogP contribution in [0.25, 0.3) is 6.08 Å². The number of methoxy groups -OCH3 is 1. The molecule has 3 atom stereocenters. The summed E-state index contributed by atoms with van der Waals surface area (Å²) >= 11 is 0.